The minimum absolute atomic E-state index is 0.0622. The number of urea groups is 1. The third-order valence-electron chi connectivity index (χ3n) is 2.46. The molecular weight excluding hydrogens is 282 g/mol. The van der Waals surface area contributed by atoms with Crippen molar-refractivity contribution in [3.05, 3.63) is 0 Å². The van der Waals surface area contributed by atoms with Gasteiger partial charge in [-0.05, 0) is 12.8 Å². The van der Waals surface area contributed by atoms with Gasteiger partial charge in [0.2, 0.25) is 5.91 Å². The van der Waals surface area contributed by atoms with Gasteiger partial charge >= 0.3 is 18.0 Å². The second-order valence-corrected chi connectivity index (χ2v) is 4.32. The zero-order valence-corrected chi connectivity index (χ0v) is 11.8. The minimum Gasteiger partial charge on any atom is -0.481 e. The maximum absolute atomic E-state index is 11.4. The Morgan fingerprint density at radius 2 is 1.67 bits per heavy atom. The largest absolute Gasteiger partial charge is 0.481 e. The second-order valence-electron chi connectivity index (χ2n) is 4.32. The van der Waals surface area contributed by atoms with Crippen LogP contribution in [0.5, 0.6) is 0 Å². The highest BCUT2D eigenvalue weighted by Gasteiger charge is 2.20. The summed E-state index contributed by atoms with van der Waals surface area (Å²) in [5, 5.41) is 24.4. The number of amides is 3. The van der Waals surface area contributed by atoms with Crippen molar-refractivity contribution in [3.63, 3.8) is 0 Å². The van der Waals surface area contributed by atoms with E-state index in [1.165, 1.54) is 0 Å². The summed E-state index contributed by atoms with van der Waals surface area (Å²) in [5.74, 6) is -2.67. The number of carbonyl (C=O) groups excluding carboxylic acids is 2. The molecule has 9 nitrogen and oxygen atoms in total. The van der Waals surface area contributed by atoms with Gasteiger partial charge in [0.1, 0.15) is 6.04 Å². The van der Waals surface area contributed by atoms with E-state index in [4.69, 9.17) is 10.2 Å². The van der Waals surface area contributed by atoms with E-state index in [-0.39, 0.29) is 31.7 Å². The number of hydrogen-bond acceptors (Lipinski definition) is 4. The summed E-state index contributed by atoms with van der Waals surface area (Å²) in [6.45, 7) is 2.53. The lowest BCUT2D eigenvalue weighted by molar-refractivity contribution is -0.140. The molecule has 1 atom stereocenters. The van der Waals surface area contributed by atoms with Crippen LogP contribution in [0.3, 0.4) is 0 Å². The molecule has 0 saturated heterocycles. The molecule has 0 rings (SSSR count). The van der Waals surface area contributed by atoms with Crippen molar-refractivity contribution in [2.24, 2.45) is 0 Å². The maximum atomic E-state index is 11.4. The lowest BCUT2D eigenvalue weighted by atomic mass is 10.1. The Kier molecular flexibility index (Phi) is 9.31. The monoisotopic (exact) mass is 303 g/mol. The zero-order chi connectivity index (χ0) is 16.3. The summed E-state index contributed by atoms with van der Waals surface area (Å²) in [4.78, 5) is 43.9. The molecular formula is C12H21N3O6. The maximum Gasteiger partial charge on any atom is 0.326 e. The van der Waals surface area contributed by atoms with Gasteiger partial charge in [0, 0.05) is 25.9 Å². The van der Waals surface area contributed by atoms with Crippen LogP contribution in [-0.2, 0) is 14.4 Å². The zero-order valence-electron chi connectivity index (χ0n) is 11.8. The number of carboxylic acids is 2. The van der Waals surface area contributed by atoms with Crippen LogP contribution in [0.1, 0.15) is 32.6 Å². The van der Waals surface area contributed by atoms with E-state index in [9.17, 15) is 19.2 Å². The molecule has 3 amide bonds. The molecule has 0 radical (unpaired) electrons. The van der Waals surface area contributed by atoms with E-state index in [1.54, 1.807) is 0 Å². The summed E-state index contributed by atoms with van der Waals surface area (Å²) in [5.41, 5.74) is 0. The Morgan fingerprint density at radius 3 is 2.19 bits per heavy atom. The summed E-state index contributed by atoms with van der Waals surface area (Å²) in [7, 11) is 0. The molecule has 0 fully saturated rings. The van der Waals surface area contributed by atoms with Crippen LogP contribution in [0, 0.1) is 0 Å². The molecule has 0 heterocycles. The minimum atomic E-state index is -1.31. The van der Waals surface area contributed by atoms with Gasteiger partial charge < -0.3 is 26.2 Å². The van der Waals surface area contributed by atoms with E-state index in [2.05, 4.69) is 16.0 Å². The van der Waals surface area contributed by atoms with Gasteiger partial charge in [0.25, 0.3) is 0 Å². The summed E-state index contributed by atoms with van der Waals surface area (Å²) in [6.07, 6.45) is 0.315. The van der Waals surface area contributed by atoms with E-state index in [0.717, 1.165) is 6.42 Å². The van der Waals surface area contributed by atoms with E-state index < -0.39 is 24.0 Å². The molecule has 0 aromatic rings. The van der Waals surface area contributed by atoms with Gasteiger partial charge in [0.05, 0.1) is 0 Å². The van der Waals surface area contributed by atoms with Crippen molar-refractivity contribution in [2.75, 3.05) is 13.1 Å². The van der Waals surface area contributed by atoms with Gasteiger partial charge in [0.15, 0.2) is 0 Å². The molecule has 21 heavy (non-hydrogen) atoms. The third kappa shape index (κ3) is 10.2. The van der Waals surface area contributed by atoms with Crippen LogP contribution < -0.4 is 16.0 Å². The highest BCUT2D eigenvalue weighted by molar-refractivity contribution is 5.83. The third-order valence-corrected chi connectivity index (χ3v) is 2.46. The van der Waals surface area contributed by atoms with Gasteiger partial charge in [-0.2, -0.15) is 0 Å². The Balaban J connectivity index is 4.00. The first-order chi connectivity index (χ1) is 9.86. The van der Waals surface area contributed by atoms with Crippen molar-refractivity contribution in [1.29, 1.82) is 0 Å². The van der Waals surface area contributed by atoms with Crippen LogP contribution >= 0.6 is 0 Å². The van der Waals surface area contributed by atoms with E-state index in [1.807, 2.05) is 6.92 Å². The Bertz CT molecular complexity index is 385. The van der Waals surface area contributed by atoms with Gasteiger partial charge in [-0.25, -0.2) is 9.59 Å². The van der Waals surface area contributed by atoms with Crippen molar-refractivity contribution >= 4 is 23.9 Å². The molecule has 0 aromatic heterocycles. The van der Waals surface area contributed by atoms with Crippen LogP contribution in [0.25, 0.3) is 0 Å². The molecule has 9 heteroatoms. The fourth-order valence-corrected chi connectivity index (χ4v) is 1.38. The summed E-state index contributed by atoms with van der Waals surface area (Å²) in [6, 6.07) is -2.04. The molecule has 0 aliphatic carbocycles. The second kappa shape index (κ2) is 10.5. The van der Waals surface area contributed by atoms with E-state index in [0.29, 0.717) is 6.54 Å². The van der Waals surface area contributed by atoms with E-state index >= 15 is 0 Å². The van der Waals surface area contributed by atoms with Gasteiger partial charge in [-0.1, -0.05) is 6.92 Å². The predicted octanol–water partition coefficient (Wildman–Crippen LogP) is -0.480. The molecule has 0 aliphatic heterocycles. The van der Waals surface area contributed by atoms with Crippen LogP contribution in [0.2, 0.25) is 0 Å². The molecule has 0 bridgehead atoms. The highest BCUT2D eigenvalue weighted by Crippen LogP contribution is 1.98. The topological polar surface area (TPSA) is 145 Å². The molecule has 0 saturated carbocycles. The fraction of sp³-hybridized carbons (Fsp3) is 0.667. The predicted molar refractivity (Wildman–Crippen MR) is 72.7 cm³/mol. The molecule has 0 unspecified atom stereocenters. The van der Waals surface area contributed by atoms with Crippen molar-refractivity contribution in [3.8, 4) is 0 Å². The van der Waals surface area contributed by atoms with Crippen LogP contribution in [0.15, 0.2) is 0 Å². The quantitative estimate of drug-likeness (QED) is 0.368. The lowest BCUT2D eigenvalue weighted by Crippen LogP contribution is -2.46. The number of hydrogen-bond donors (Lipinski definition) is 5. The first-order valence-corrected chi connectivity index (χ1v) is 6.62. The van der Waals surface area contributed by atoms with Gasteiger partial charge in [-0.3, -0.25) is 9.59 Å². The molecule has 0 spiro atoms. The number of rotatable bonds is 10. The number of aliphatic carboxylic acids is 2. The SMILES string of the molecule is CCCNC(=O)CCNC(=O)N[C@@H](CCC(=O)O)C(=O)O. The Hall–Kier alpha value is -2.32. The van der Waals surface area contributed by atoms with Crippen LogP contribution in [0.4, 0.5) is 4.79 Å². The standard InChI is InChI=1S/C12H21N3O6/c1-2-6-13-9(16)5-7-14-12(21)15-8(11(19)20)3-4-10(17)18/h8H,2-7H2,1H3,(H,13,16)(H,17,18)(H,19,20)(H2,14,15,21)/t8-/m0/s1. The molecule has 0 aliphatic rings. The molecule has 0 aromatic carbocycles. The summed E-state index contributed by atoms with van der Waals surface area (Å²) >= 11 is 0. The highest BCUT2D eigenvalue weighted by atomic mass is 16.4. The first kappa shape index (κ1) is 18.7. The Labute approximate surface area is 122 Å². The first-order valence-electron chi connectivity index (χ1n) is 6.62. The molecule has 5 N–H and O–H groups in total. The van der Waals surface area contributed by atoms with Crippen molar-refractivity contribution in [2.45, 2.75) is 38.6 Å². The summed E-state index contributed by atoms with van der Waals surface area (Å²) < 4.78 is 0. The van der Waals surface area contributed by atoms with Crippen molar-refractivity contribution < 1.29 is 29.4 Å². The number of carboxylic acid groups (broad SMARTS) is 2. The van der Waals surface area contributed by atoms with Gasteiger partial charge in [-0.15, -0.1) is 0 Å². The average molecular weight is 303 g/mol. The number of nitrogens with one attached hydrogen (secondary N) is 3. The smallest absolute Gasteiger partial charge is 0.326 e. The van der Waals surface area contributed by atoms with Crippen LogP contribution in [-0.4, -0.2) is 53.2 Å². The molecule has 120 valence electrons. The average Bonchev–Trinajstić information content (AvgIpc) is 2.40. The Morgan fingerprint density at radius 1 is 1.00 bits per heavy atom. The fourth-order valence-electron chi connectivity index (χ4n) is 1.38. The normalized spacial score (nSPS) is 11.3. The van der Waals surface area contributed by atoms with Crippen molar-refractivity contribution in [1.82, 2.24) is 16.0 Å². The lowest BCUT2D eigenvalue weighted by Gasteiger charge is -2.14. The number of carbonyl (C=O) groups is 4.